The van der Waals surface area contributed by atoms with Crippen molar-refractivity contribution in [3.63, 3.8) is 0 Å². The molecule has 0 atom stereocenters. The lowest BCUT2D eigenvalue weighted by molar-refractivity contribution is 0.936. The van der Waals surface area contributed by atoms with Crippen molar-refractivity contribution < 1.29 is 0 Å². The average Bonchev–Trinajstić information content (AvgIpc) is 2.72. The highest BCUT2D eigenvalue weighted by Gasteiger charge is 2.04. The molecular formula is C12H14ClN3S. The highest BCUT2D eigenvalue weighted by Crippen LogP contribution is 2.26. The Morgan fingerprint density at radius 1 is 1.47 bits per heavy atom. The Bertz CT molecular complexity index is 510. The van der Waals surface area contributed by atoms with Gasteiger partial charge in [0.1, 0.15) is 0 Å². The Balaban J connectivity index is 2.16. The van der Waals surface area contributed by atoms with Crippen molar-refractivity contribution >= 4 is 33.8 Å². The van der Waals surface area contributed by atoms with Gasteiger partial charge in [0.05, 0.1) is 5.69 Å². The van der Waals surface area contributed by atoms with Gasteiger partial charge in [0.2, 0.25) is 0 Å². The van der Waals surface area contributed by atoms with Crippen molar-refractivity contribution in [3.8, 4) is 0 Å². The highest BCUT2D eigenvalue weighted by molar-refractivity contribution is 7.13. The number of nitrogens with one attached hydrogen (secondary N) is 1. The van der Waals surface area contributed by atoms with Gasteiger partial charge in [0.25, 0.3) is 0 Å². The molecule has 17 heavy (non-hydrogen) atoms. The number of nitrogens with zero attached hydrogens (tertiary/aromatic N) is 1. The molecule has 0 aliphatic heterocycles. The molecule has 90 valence electrons. The quantitative estimate of drug-likeness (QED) is 0.893. The first kappa shape index (κ1) is 12.4. The zero-order chi connectivity index (χ0) is 12.3. The second-order valence-electron chi connectivity index (χ2n) is 3.77. The number of halogens is 1. The molecule has 0 saturated heterocycles. The molecule has 0 spiro atoms. The minimum atomic E-state index is 0.624. The average molecular weight is 268 g/mol. The van der Waals surface area contributed by atoms with E-state index in [9.17, 15) is 0 Å². The number of hydrogen-bond acceptors (Lipinski definition) is 4. The SMILES string of the molecule is Cc1ccc(Cl)cc1Nc1nc(CCN)cs1. The third-order valence-corrected chi connectivity index (χ3v) is 3.44. The lowest BCUT2D eigenvalue weighted by atomic mass is 10.2. The molecule has 3 nitrogen and oxygen atoms in total. The molecule has 0 amide bonds. The fourth-order valence-corrected chi connectivity index (χ4v) is 2.40. The van der Waals surface area contributed by atoms with Crippen LogP contribution in [0.4, 0.5) is 10.8 Å². The van der Waals surface area contributed by atoms with E-state index in [2.05, 4.69) is 10.3 Å². The molecule has 2 aromatic rings. The standard InChI is InChI=1S/C12H14ClN3S/c1-8-2-3-9(13)6-11(8)16-12-15-10(4-5-14)7-17-12/h2-3,6-7H,4-5,14H2,1H3,(H,15,16). The van der Waals surface area contributed by atoms with E-state index in [1.165, 1.54) is 0 Å². The molecule has 2 rings (SSSR count). The lowest BCUT2D eigenvalue weighted by Crippen LogP contribution is -2.02. The summed E-state index contributed by atoms with van der Waals surface area (Å²) in [6.07, 6.45) is 0.812. The van der Waals surface area contributed by atoms with Gasteiger partial charge in [0.15, 0.2) is 5.13 Å². The predicted octanol–water partition coefficient (Wildman–Crippen LogP) is 3.35. The molecule has 0 bridgehead atoms. The molecule has 0 aliphatic carbocycles. The van der Waals surface area contributed by atoms with E-state index in [1.807, 2.05) is 30.5 Å². The van der Waals surface area contributed by atoms with Crippen LogP contribution in [0.5, 0.6) is 0 Å². The van der Waals surface area contributed by atoms with Gasteiger partial charge in [-0.05, 0) is 31.2 Å². The van der Waals surface area contributed by atoms with E-state index >= 15 is 0 Å². The molecule has 3 N–H and O–H groups in total. The summed E-state index contributed by atoms with van der Waals surface area (Å²) < 4.78 is 0. The number of anilines is 2. The highest BCUT2D eigenvalue weighted by atomic mass is 35.5. The van der Waals surface area contributed by atoms with Gasteiger partial charge in [-0.15, -0.1) is 11.3 Å². The van der Waals surface area contributed by atoms with Gasteiger partial charge < -0.3 is 11.1 Å². The zero-order valence-electron chi connectivity index (χ0n) is 9.53. The number of nitrogens with two attached hydrogens (primary N) is 1. The van der Waals surface area contributed by atoms with Gasteiger partial charge >= 0.3 is 0 Å². The predicted molar refractivity (Wildman–Crippen MR) is 74.3 cm³/mol. The van der Waals surface area contributed by atoms with Gasteiger partial charge in [-0.3, -0.25) is 0 Å². The molecule has 0 radical (unpaired) electrons. The van der Waals surface area contributed by atoms with Crippen LogP contribution >= 0.6 is 22.9 Å². The number of aryl methyl sites for hydroxylation is 1. The van der Waals surface area contributed by atoms with Crippen LogP contribution in [-0.2, 0) is 6.42 Å². The van der Waals surface area contributed by atoms with Gasteiger partial charge in [0, 0.05) is 22.5 Å². The molecule has 5 heteroatoms. The van der Waals surface area contributed by atoms with Crippen LogP contribution in [0.2, 0.25) is 5.02 Å². The largest absolute Gasteiger partial charge is 0.331 e. The van der Waals surface area contributed by atoms with Crippen LogP contribution in [0.25, 0.3) is 0 Å². The van der Waals surface area contributed by atoms with Crippen LogP contribution in [0.3, 0.4) is 0 Å². The normalized spacial score (nSPS) is 10.5. The second kappa shape index (κ2) is 5.49. The van der Waals surface area contributed by atoms with E-state index in [1.54, 1.807) is 11.3 Å². The summed E-state index contributed by atoms with van der Waals surface area (Å²) in [7, 11) is 0. The van der Waals surface area contributed by atoms with Crippen LogP contribution in [0.15, 0.2) is 23.6 Å². The van der Waals surface area contributed by atoms with Crippen LogP contribution in [0.1, 0.15) is 11.3 Å². The molecule has 0 unspecified atom stereocenters. The summed E-state index contributed by atoms with van der Waals surface area (Å²) in [5.74, 6) is 0. The Hall–Kier alpha value is -1.10. The first-order chi connectivity index (χ1) is 8.19. The minimum absolute atomic E-state index is 0.624. The van der Waals surface area contributed by atoms with Gasteiger partial charge in [-0.1, -0.05) is 17.7 Å². The van der Waals surface area contributed by atoms with Crippen molar-refractivity contribution in [2.75, 3.05) is 11.9 Å². The fraction of sp³-hybridized carbons (Fsp3) is 0.250. The fourth-order valence-electron chi connectivity index (χ4n) is 1.47. The first-order valence-corrected chi connectivity index (χ1v) is 6.62. The smallest absolute Gasteiger partial charge is 0.187 e. The lowest BCUT2D eigenvalue weighted by Gasteiger charge is -2.06. The van der Waals surface area contributed by atoms with E-state index in [4.69, 9.17) is 17.3 Å². The monoisotopic (exact) mass is 267 g/mol. The van der Waals surface area contributed by atoms with Crippen molar-refractivity contribution in [2.45, 2.75) is 13.3 Å². The molecule has 0 fully saturated rings. The molecule has 1 aromatic carbocycles. The Morgan fingerprint density at radius 2 is 2.29 bits per heavy atom. The molecule has 0 saturated carbocycles. The molecule has 0 aliphatic rings. The second-order valence-corrected chi connectivity index (χ2v) is 5.06. The first-order valence-electron chi connectivity index (χ1n) is 5.36. The van der Waals surface area contributed by atoms with E-state index in [0.29, 0.717) is 6.54 Å². The number of benzene rings is 1. The minimum Gasteiger partial charge on any atom is -0.331 e. The maximum Gasteiger partial charge on any atom is 0.187 e. The number of rotatable bonds is 4. The van der Waals surface area contributed by atoms with Gasteiger partial charge in [-0.25, -0.2) is 4.98 Å². The maximum absolute atomic E-state index is 5.96. The van der Waals surface area contributed by atoms with Gasteiger partial charge in [-0.2, -0.15) is 0 Å². The zero-order valence-corrected chi connectivity index (χ0v) is 11.1. The number of hydrogen-bond donors (Lipinski definition) is 2. The van der Waals surface area contributed by atoms with Crippen LogP contribution in [-0.4, -0.2) is 11.5 Å². The van der Waals surface area contributed by atoms with E-state index < -0.39 is 0 Å². The van der Waals surface area contributed by atoms with Crippen molar-refractivity contribution in [1.29, 1.82) is 0 Å². The summed E-state index contributed by atoms with van der Waals surface area (Å²) >= 11 is 7.54. The summed E-state index contributed by atoms with van der Waals surface area (Å²) in [5, 5.41) is 6.89. The Morgan fingerprint density at radius 3 is 3.06 bits per heavy atom. The molecular weight excluding hydrogens is 254 g/mol. The van der Waals surface area contributed by atoms with E-state index in [-0.39, 0.29) is 0 Å². The third kappa shape index (κ3) is 3.19. The van der Waals surface area contributed by atoms with Crippen LogP contribution in [0, 0.1) is 6.92 Å². The summed E-state index contributed by atoms with van der Waals surface area (Å²) in [4.78, 5) is 4.45. The number of aromatic nitrogens is 1. The Labute approximate surface area is 110 Å². The maximum atomic E-state index is 5.96. The van der Waals surface area contributed by atoms with Crippen molar-refractivity contribution in [1.82, 2.24) is 4.98 Å². The van der Waals surface area contributed by atoms with E-state index in [0.717, 1.165) is 33.5 Å². The van der Waals surface area contributed by atoms with Crippen LogP contribution < -0.4 is 11.1 Å². The molecule has 1 heterocycles. The number of thiazole rings is 1. The summed E-state index contributed by atoms with van der Waals surface area (Å²) in [6.45, 7) is 2.66. The summed E-state index contributed by atoms with van der Waals surface area (Å²) in [6, 6.07) is 5.77. The Kier molecular flexibility index (Phi) is 3.99. The topological polar surface area (TPSA) is 50.9 Å². The van der Waals surface area contributed by atoms with Crippen molar-refractivity contribution in [2.24, 2.45) is 5.73 Å². The third-order valence-electron chi connectivity index (χ3n) is 2.39. The summed E-state index contributed by atoms with van der Waals surface area (Å²) in [5.41, 5.74) is 8.66. The van der Waals surface area contributed by atoms with Crippen molar-refractivity contribution in [3.05, 3.63) is 39.9 Å². The molecule has 1 aromatic heterocycles.